The zero-order valence-electron chi connectivity index (χ0n) is 10.9. The molecule has 0 saturated carbocycles. The molecule has 0 bridgehead atoms. The Hall–Kier alpha value is -0.120. The Morgan fingerprint density at radius 1 is 1.40 bits per heavy atom. The van der Waals surface area contributed by atoms with Gasteiger partial charge in [0.05, 0.1) is 0 Å². The summed E-state index contributed by atoms with van der Waals surface area (Å²) in [6, 6.07) is 0. The van der Waals surface area contributed by atoms with Crippen molar-refractivity contribution in [2.75, 3.05) is 46.9 Å². The number of nitrogens with one attached hydrogen (secondary N) is 1. The lowest BCUT2D eigenvalue weighted by molar-refractivity contribution is 0.175. The highest BCUT2D eigenvalue weighted by atomic mass is 16.5. The number of ether oxygens (including phenoxy) is 1. The Kier molecular flexibility index (Phi) is 10.3. The first-order valence-corrected chi connectivity index (χ1v) is 6.08. The van der Waals surface area contributed by atoms with E-state index in [1.54, 1.807) is 7.11 Å². The molecule has 1 atom stereocenters. The zero-order chi connectivity index (χ0) is 11.5. The molecule has 3 nitrogen and oxygen atoms in total. The number of hydrogen-bond acceptors (Lipinski definition) is 3. The molecule has 0 aromatic heterocycles. The third-order valence-electron chi connectivity index (χ3n) is 2.43. The van der Waals surface area contributed by atoms with Crippen LogP contribution in [0.5, 0.6) is 0 Å². The highest BCUT2D eigenvalue weighted by Crippen LogP contribution is 1.97. The summed E-state index contributed by atoms with van der Waals surface area (Å²) in [6.45, 7) is 9.93. The maximum absolute atomic E-state index is 5.04. The van der Waals surface area contributed by atoms with Gasteiger partial charge in [0.2, 0.25) is 0 Å². The zero-order valence-corrected chi connectivity index (χ0v) is 10.9. The van der Waals surface area contributed by atoms with Gasteiger partial charge in [-0.3, -0.25) is 0 Å². The van der Waals surface area contributed by atoms with Crippen LogP contribution in [0.4, 0.5) is 0 Å². The Morgan fingerprint density at radius 3 is 2.73 bits per heavy atom. The monoisotopic (exact) mass is 216 g/mol. The van der Waals surface area contributed by atoms with Crippen molar-refractivity contribution in [3.8, 4) is 0 Å². The van der Waals surface area contributed by atoms with Gasteiger partial charge in [-0.15, -0.1) is 0 Å². The second-order valence-corrected chi connectivity index (χ2v) is 4.42. The molecule has 0 rings (SSSR count). The van der Waals surface area contributed by atoms with E-state index in [4.69, 9.17) is 4.74 Å². The molecule has 0 aliphatic rings. The molecular weight excluding hydrogens is 188 g/mol. The summed E-state index contributed by atoms with van der Waals surface area (Å²) in [5, 5.41) is 3.46. The summed E-state index contributed by atoms with van der Waals surface area (Å²) < 4.78 is 5.04. The van der Waals surface area contributed by atoms with Crippen molar-refractivity contribution in [2.24, 2.45) is 5.92 Å². The third kappa shape index (κ3) is 10.2. The minimum atomic E-state index is 0.726. The summed E-state index contributed by atoms with van der Waals surface area (Å²) in [5.41, 5.74) is 0. The topological polar surface area (TPSA) is 24.5 Å². The average molecular weight is 216 g/mol. The maximum atomic E-state index is 5.04. The molecular formula is C12H28N2O. The second-order valence-electron chi connectivity index (χ2n) is 4.42. The van der Waals surface area contributed by atoms with Crippen LogP contribution >= 0.6 is 0 Å². The molecule has 0 aliphatic carbocycles. The molecule has 92 valence electrons. The average Bonchev–Trinajstić information content (AvgIpc) is 2.18. The van der Waals surface area contributed by atoms with Crippen LogP contribution in [-0.4, -0.2) is 51.8 Å². The highest BCUT2D eigenvalue weighted by Gasteiger charge is 2.05. The van der Waals surface area contributed by atoms with E-state index in [1.165, 1.54) is 13.0 Å². The third-order valence-corrected chi connectivity index (χ3v) is 2.43. The molecule has 0 amide bonds. The Labute approximate surface area is 95.2 Å². The lowest BCUT2D eigenvalue weighted by Crippen LogP contribution is -2.32. The Balaban J connectivity index is 3.35. The molecule has 0 radical (unpaired) electrons. The van der Waals surface area contributed by atoms with E-state index in [1.807, 2.05) is 0 Å². The number of hydrogen-bond donors (Lipinski definition) is 1. The standard InChI is InChI=1S/C12H28N2O/c1-5-7-13-10-12(2)11-14(3)8-6-9-15-4/h12-13H,5-11H2,1-4H3. The number of rotatable bonds is 10. The minimum absolute atomic E-state index is 0.726. The number of methoxy groups -OCH3 is 1. The summed E-state index contributed by atoms with van der Waals surface area (Å²) in [4.78, 5) is 2.39. The van der Waals surface area contributed by atoms with Crippen molar-refractivity contribution in [2.45, 2.75) is 26.7 Å². The van der Waals surface area contributed by atoms with Crippen molar-refractivity contribution in [3.63, 3.8) is 0 Å². The largest absolute Gasteiger partial charge is 0.385 e. The van der Waals surface area contributed by atoms with E-state index < -0.39 is 0 Å². The molecule has 1 N–H and O–H groups in total. The maximum Gasteiger partial charge on any atom is 0.0474 e. The van der Waals surface area contributed by atoms with E-state index in [2.05, 4.69) is 31.1 Å². The smallest absolute Gasteiger partial charge is 0.0474 e. The van der Waals surface area contributed by atoms with E-state index in [-0.39, 0.29) is 0 Å². The molecule has 0 aliphatic heterocycles. The van der Waals surface area contributed by atoms with Gasteiger partial charge in [0.15, 0.2) is 0 Å². The van der Waals surface area contributed by atoms with Crippen molar-refractivity contribution in [1.29, 1.82) is 0 Å². The van der Waals surface area contributed by atoms with Gasteiger partial charge in [-0.05, 0) is 38.9 Å². The van der Waals surface area contributed by atoms with Crippen molar-refractivity contribution in [3.05, 3.63) is 0 Å². The van der Waals surface area contributed by atoms with Crippen LogP contribution in [0.3, 0.4) is 0 Å². The van der Waals surface area contributed by atoms with E-state index in [0.29, 0.717) is 0 Å². The van der Waals surface area contributed by atoms with Gasteiger partial charge >= 0.3 is 0 Å². The van der Waals surface area contributed by atoms with E-state index in [9.17, 15) is 0 Å². The first kappa shape index (κ1) is 14.9. The van der Waals surface area contributed by atoms with Gasteiger partial charge < -0.3 is 15.0 Å². The van der Waals surface area contributed by atoms with Crippen molar-refractivity contribution in [1.82, 2.24) is 10.2 Å². The van der Waals surface area contributed by atoms with Gasteiger partial charge in [-0.1, -0.05) is 13.8 Å². The molecule has 3 heteroatoms. The lowest BCUT2D eigenvalue weighted by Gasteiger charge is -2.21. The van der Waals surface area contributed by atoms with Gasteiger partial charge in [-0.25, -0.2) is 0 Å². The number of nitrogens with zero attached hydrogens (tertiary/aromatic N) is 1. The molecule has 0 fully saturated rings. The fraction of sp³-hybridized carbons (Fsp3) is 1.00. The molecule has 15 heavy (non-hydrogen) atoms. The summed E-state index contributed by atoms with van der Waals surface area (Å²) in [5.74, 6) is 0.726. The first-order valence-electron chi connectivity index (χ1n) is 6.08. The van der Waals surface area contributed by atoms with Gasteiger partial charge in [0.25, 0.3) is 0 Å². The minimum Gasteiger partial charge on any atom is -0.385 e. The van der Waals surface area contributed by atoms with Crippen molar-refractivity contribution >= 4 is 0 Å². The van der Waals surface area contributed by atoms with Gasteiger partial charge in [0.1, 0.15) is 0 Å². The molecule has 1 unspecified atom stereocenters. The first-order chi connectivity index (χ1) is 7.20. The molecule has 0 aromatic rings. The molecule has 0 spiro atoms. The van der Waals surface area contributed by atoms with Crippen LogP contribution in [0.25, 0.3) is 0 Å². The Morgan fingerprint density at radius 2 is 2.13 bits per heavy atom. The summed E-state index contributed by atoms with van der Waals surface area (Å²) >= 11 is 0. The van der Waals surface area contributed by atoms with Crippen LogP contribution in [0.2, 0.25) is 0 Å². The molecule has 0 saturated heterocycles. The van der Waals surface area contributed by atoms with Crippen LogP contribution in [-0.2, 0) is 4.74 Å². The quantitative estimate of drug-likeness (QED) is 0.561. The normalized spacial score (nSPS) is 13.4. The van der Waals surface area contributed by atoms with Gasteiger partial charge in [0, 0.05) is 26.8 Å². The molecule has 0 heterocycles. The fourth-order valence-corrected chi connectivity index (χ4v) is 1.69. The van der Waals surface area contributed by atoms with E-state index in [0.717, 1.165) is 38.6 Å². The second kappa shape index (κ2) is 10.4. The summed E-state index contributed by atoms with van der Waals surface area (Å²) in [6.07, 6.45) is 2.35. The fourth-order valence-electron chi connectivity index (χ4n) is 1.69. The summed E-state index contributed by atoms with van der Waals surface area (Å²) in [7, 11) is 3.95. The highest BCUT2D eigenvalue weighted by molar-refractivity contribution is 4.61. The SMILES string of the molecule is CCCNCC(C)CN(C)CCCOC. The Bertz CT molecular complexity index is 117. The van der Waals surface area contributed by atoms with Crippen LogP contribution in [0.1, 0.15) is 26.7 Å². The lowest BCUT2D eigenvalue weighted by atomic mass is 10.1. The van der Waals surface area contributed by atoms with Gasteiger partial charge in [-0.2, -0.15) is 0 Å². The van der Waals surface area contributed by atoms with E-state index >= 15 is 0 Å². The van der Waals surface area contributed by atoms with Crippen LogP contribution in [0.15, 0.2) is 0 Å². The van der Waals surface area contributed by atoms with Crippen LogP contribution < -0.4 is 5.32 Å². The predicted octanol–water partition coefficient (Wildman–Crippen LogP) is 1.59. The van der Waals surface area contributed by atoms with Crippen LogP contribution in [0, 0.1) is 5.92 Å². The predicted molar refractivity (Wildman–Crippen MR) is 66.3 cm³/mol. The van der Waals surface area contributed by atoms with Crippen molar-refractivity contribution < 1.29 is 4.74 Å². The molecule has 0 aromatic carbocycles.